The van der Waals surface area contributed by atoms with Crippen molar-refractivity contribution in [1.29, 1.82) is 0 Å². The van der Waals surface area contributed by atoms with Crippen LogP contribution in [0.5, 0.6) is 0 Å². The first kappa shape index (κ1) is 17.6. The second-order valence-electron chi connectivity index (χ2n) is 6.97. The van der Waals surface area contributed by atoms with E-state index < -0.39 is 0 Å². The quantitative estimate of drug-likeness (QED) is 0.650. The molecule has 1 saturated heterocycles. The van der Waals surface area contributed by atoms with Crippen LogP contribution in [-0.4, -0.2) is 40.3 Å². The van der Waals surface area contributed by atoms with Gasteiger partial charge in [-0.25, -0.2) is 0 Å². The van der Waals surface area contributed by atoms with Crippen molar-refractivity contribution in [3.8, 4) is 0 Å². The van der Waals surface area contributed by atoms with Crippen LogP contribution >= 0.6 is 12.2 Å². The van der Waals surface area contributed by atoms with Crippen LogP contribution in [0.15, 0.2) is 24.4 Å². The molecule has 1 saturated carbocycles. The summed E-state index contributed by atoms with van der Waals surface area (Å²) in [6, 6.07) is 6.58. The Hall–Kier alpha value is -1.20. The molecule has 2 fully saturated rings. The molecule has 1 N–H and O–H groups in total. The molecule has 1 aromatic heterocycles. The normalized spacial score (nSPS) is 22.1. The number of rotatable bonds is 5. The van der Waals surface area contributed by atoms with Gasteiger partial charge in [0.15, 0.2) is 5.11 Å². The molecule has 0 aromatic carbocycles. The second-order valence-corrected chi connectivity index (χ2v) is 7.36. The van der Waals surface area contributed by atoms with Gasteiger partial charge in [0.2, 0.25) is 0 Å². The molecule has 0 bridgehead atoms. The second kappa shape index (κ2) is 9.33. The van der Waals surface area contributed by atoms with Crippen LogP contribution in [0.1, 0.15) is 57.1 Å². The van der Waals surface area contributed by atoms with Crippen LogP contribution in [0, 0.1) is 0 Å². The molecule has 2 heterocycles. The highest BCUT2D eigenvalue weighted by molar-refractivity contribution is 7.80. The molecule has 1 aromatic rings. The van der Waals surface area contributed by atoms with E-state index in [4.69, 9.17) is 17.0 Å². The third-order valence-corrected chi connectivity index (χ3v) is 5.37. The van der Waals surface area contributed by atoms with Gasteiger partial charge >= 0.3 is 0 Å². The molecule has 1 aliphatic carbocycles. The number of aromatic nitrogens is 1. The van der Waals surface area contributed by atoms with E-state index in [0.717, 1.165) is 43.3 Å². The van der Waals surface area contributed by atoms with Crippen molar-refractivity contribution in [1.82, 2.24) is 15.2 Å². The summed E-state index contributed by atoms with van der Waals surface area (Å²) in [7, 11) is 0. The van der Waals surface area contributed by atoms with Gasteiger partial charge in [-0.2, -0.15) is 0 Å². The predicted molar refractivity (Wildman–Crippen MR) is 101 cm³/mol. The van der Waals surface area contributed by atoms with E-state index in [2.05, 4.69) is 21.3 Å². The fraction of sp³-hybridized carbons (Fsp3) is 0.684. The Morgan fingerprint density at radius 3 is 2.67 bits per heavy atom. The van der Waals surface area contributed by atoms with E-state index in [1.807, 2.05) is 18.3 Å². The minimum Gasteiger partial charge on any atom is -0.376 e. The maximum absolute atomic E-state index is 5.83. The van der Waals surface area contributed by atoms with Gasteiger partial charge < -0.3 is 15.0 Å². The monoisotopic (exact) mass is 347 g/mol. The topological polar surface area (TPSA) is 37.4 Å². The Morgan fingerprint density at radius 2 is 2.00 bits per heavy atom. The molecule has 4 nitrogen and oxygen atoms in total. The molecule has 2 aliphatic rings. The molecule has 1 aliphatic heterocycles. The Bertz CT molecular complexity index is 497. The van der Waals surface area contributed by atoms with Gasteiger partial charge in [0.25, 0.3) is 0 Å². The maximum Gasteiger partial charge on any atom is 0.169 e. The smallest absolute Gasteiger partial charge is 0.169 e. The van der Waals surface area contributed by atoms with E-state index in [0.29, 0.717) is 12.1 Å². The minimum absolute atomic E-state index is 0.294. The van der Waals surface area contributed by atoms with Gasteiger partial charge in [0.1, 0.15) is 0 Å². The fourth-order valence-electron chi connectivity index (χ4n) is 3.63. The molecule has 5 heteroatoms. The molecule has 1 atom stereocenters. The molecular weight excluding hydrogens is 318 g/mol. The van der Waals surface area contributed by atoms with E-state index >= 15 is 0 Å². The number of nitrogens with zero attached hydrogens (tertiary/aromatic N) is 2. The summed E-state index contributed by atoms with van der Waals surface area (Å²) in [6.45, 7) is 2.49. The Kier molecular flexibility index (Phi) is 6.85. The van der Waals surface area contributed by atoms with E-state index in [1.54, 1.807) is 0 Å². The number of nitrogens with one attached hydrogen (secondary N) is 1. The first-order chi connectivity index (χ1) is 11.8. The van der Waals surface area contributed by atoms with Gasteiger partial charge in [-0.05, 0) is 50.0 Å². The van der Waals surface area contributed by atoms with Crippen LogP contribution in [-0.2, 0) is 11.3 Å². The highest BCUT2D eigenvalue weighted by Gasteiger charge is 2.23. The van der Waals surface area contributed by atoms with Crippen LogP contribution in [0.2, 0.25) is 0 Å². The van der Waals surface area contributed by atoms with E-state index in [1.165, 1.54) is 38.5 Å². The van der Waals surface area contributed by atoms with Gasteiger partial charge in [-0.15, -0.1) is 0 Å². The van der Waals surface area contributed by atoms with Gasteiger partial charge in [-0.1, -0.05) is 31.7 Å². The summed E-state index contributed by atoms with van der Waals surface area (Å²) >= 11 is 5.77. The van der Waals surface area contributed by atoms with Gasteiger partial charge in [-0.3, -0.25) is 4.98 Å². The first-order valence-corrected chi connectivity index (χ1v) is 9.79. The lowest BCUT2D eigenvalue weighted by Crippen LogP contribution is -2.46. The van der Waals surface area contributed by atoms with E-state index in [-0.39, 0.29) is 0 Å². The largest absolute Gasteiger partial charge is 0.376 e. The summed E-state index contributed by atoms with van der Waals surface area (Å²) in [5.74, 6) is 0. The molecular formula is C19H29N3OS. The fourth-order valence-corrected chi connectivity index (χ4v) is 3.94. The average Bonchev–Trinajstić information content (AvgIpc) is 2.98. The zero-order valence-electron chi connectivity index (χ0n) is 14.5. The molecule has 132 valence electrons. The van der Waals surface area contributed by atoms with Crippen LogP contribution in [0.25, 0.3) is 0 Å². The lowest BCUT2D eigenvalue weighted by atomic mass is 10.1. The summed E-state index contributed by atoms with van der Waals surface area (Å²) in [5, 5.41) is 4.49. The van der Waals surface area contributed by atoms with Crippen LogP contribution in [0.3, 0.4) is 0 Å². The lowest BCUT2D eigenvalue weighted by molar-refractivity contribution is 0.0893. The van der Waals surface area contributed by atoms with Crippen molar-refractivity contribution >= 4 is 17.3 Å². The number of hydrogen-bond donors (Lipinski definition) is 1. The standard InChI is InChI=1S/C19H29N3OS/c24-19(21-16-8-3-1-2-4-9-16)22(15-18-11-7-13-23-18)14-17-10-5-6-12-20-17/h5-6,10,12,16,18H,1-4,7-9,11,13-15H2,(H,21,24)/t18-/m0/s1. The predicted octanol–water partition coefficient (Wildman–Crippen LogP) is 3.66. The highest BCUT2D eigenvalue weighted by atomic mass is 32.1. The molecule has 3 rings (SSSR count). The molecule has 0 amide bonds. The molecule has 0 spiro atoms. The summed E-state index contributed by atoms with van der Waals surface area (Å²) in [5.41, 5.74) is 1.06. The van der Waals surface area contributed by atoms with Crippen molar-refractivity contribution in [2.75, 3.05) is 13.2 Å². The van der Waals surface area contributed by atoms with Gasteiger partial charge in [0, 0.05) is 25.4 Å². The van der Waals surface area contributed by atoms with Crippen molar-refractivity contribution in [3.63, 3.8) is 0 Å². The van der Waals surface area contributed by atoms with Crippen molar-refractivity contribution < 1.29 is 4.74 Å². The number of thiocarbonyl (C=S) groups is 1. The zero-order valence-corrected chi connectivity index (χ0v) is 15.3. The van der Waals surface area contributed by atoms with Crippen molar-refractivity contribution in [3.05, 3.63) is 30.1 Å². The van der Waals surface area contributed by atoms with Crippen LogP contribution in [0.4, 0.5) is 0 Å². The number of hydrogen-bond acceptors (Lipinski definition) is 3. The SMILES string of the molecule is S=C(NC1CCCCCC1)N(Cc1ccccn1)C[C@@H]1CCCO1. The summed E-state index contributed by atoms with van der Waals surface area (Å²) in [6.07, 6.45) is 12.2. The van der Waals surface area contributed by atoms with Gasteiger partial charge in [0.05, 0.1) is 18.3 Å². The lowest BCUT2D eigenvalue weighted by Gasteiger charge is -2.30. The number of ether oxygens (including phenoxy) is 1. The zero-order chi connectivity index (χ0) is 16.6. The molecule has 0 radical (unpaired) electrons. The van der Waals surface area contributed by atoms with Crippen LogP contribution < -0.4 is 5.32 Å². The van der Waals surface area contributed by atoms with Crippen molar-refractivity contribution in [2.24, 2.45) is 0 Å². The molecule has 24 heavy (non-hydrogen) atoms. The third-order valence-electron chi connectivity index (χ3n) is 5.00. The Balaban J connectivity index is 1.61. The maximum atomic E-state index is 5.83. The first-order valence-electron chi connectivity index (χ1n) is 9.38. The summed E-state index contributed by atoms with van der Waals surface area (Å²) < 4.78 is 5.83. The Labute approximate surface area is 151 Å². The summed E-state index contributed by atoms with van der Waals surface area (Å²) in [4.78, 5) is 6.72. The number of pyridine rings is 1. The highest BCUT2D eigenvalue weighted by Crippen LogP contribution is 2.19. The Morgan fingerprint density at radius 1 is 1.17 bits per heavy atom. The average molecular weight is 348 g/mol. The molecule has 0 unspecified atom stereocenters. The minimum atomic E-state index is 0.294. The van der Waals surface area contributed by atoms with Crippen molar-refractivity contribution in [2.45, 2.75) is 70.1 Å². The third kappa shape index (κ3) is 5.42. The van der Waals surface area contributed by atoms with E-state index in [9.17, 15) is 0 Å².